The molecule has 1 fully saturated rings. The van der Waals surface area contributed by atoms with Crippen molar-refractivity contribution in [3.8, 4) is 0 Å². The Bertz CT molecular complexity index is 327. The third-order valence-corrected chi connectivity index (χ3v) is 4.78. The van der Waals surface area contributed by atoms with Gasteiger partial charge in [0.05, 0.1) is 0 Å². The Kier molecular flexibility index (Phi) is 5.13. The molecule has 0 saturated carbocycles. The van der Waals surface area contributed by atoms with Gasteiger partial charge in [0.2, 0.25) is 0 Å². The number of rotatable bonds is 4. The van der Waals surface area contributed by atoms with E-state index in [1.54, 1.807) is 0 Å². The van der Waals surface area contributed by atoms with Crippen LogP contribution in [0.1, 0.15) is 25.7 Å². The molecule has 0 radical (unpaired) electrons. The predicted molar refractivity (Wildman–Crippen MR) is 72.9 cm³/mol. The Hall–Kier alpha value is -0.0600. The van der Waals surface area contributed by atoms with E-state index in [0.29, 0.717) is 0 Å². The molecule has 2 rings (SSSR count). The highest BCUT2D eigenvalue weighted by Crippen LogP contribution is 2.25. The molecule has 1 aromatic heterocycles. The van der Waals surface area contributed by atoms with Crippen molar-refractivity contribution in [2.45, 2.75) is 36.8 Å². The second-order valence-corrected chi connectivity index (χ2v) is 6.01. The average Bonchev–Trinajstić information content (AvgIpc) is 2.33. The minimum atomic E-state index is 0.726. The molecule has 88 valence electrons. The lowest BCUT2D eigenvalue weighted by Gasteiger charge is -2.23. The highest BCUT2D eigenvalue weighted by atomic mass is 79.9. The first-order valence-electron chi connectivity index (χ1n) is 5.83. The van der Waals surface area contributed by atoms with Gasteiger partial charge in [0.25, 0.3) is 0 Å². The smallest absolute Gasteiger partial charge is 0.110 e. The van der Waals surface area contributed by atoms with Gasteiger partial charge < -0.3 is 5.32 Å². The third-order valence-electron chi connectivity index (χ3n) is 2.84. The molecule has 16 heavy (non-hydrogen) atoms. The topological polar surface area (TPSA) is 24.9 Å². The molecule has 1 saturated heterocycles. The first-order valence-corrected chi connectivity index (χ1v) is 7.61. The number of piperidine rings is 1. The van der Waals surface area contributed by atoms with Gasteiger partial charge in [0.15, 0.2) is 0 Å². The average molecular weight is 301 g/mol. The highest BCUT2D eigenvalue weighted by molar-refractivity contribution is 9.10. The quantitative estimate of drug-likeness (QED) is 0.862. The van der Waals surface area contributed by atoms with Gasteiger partial charge in [-0.15, -0.1) is 11.8 Å². The van der Waals surface area contributed by atoms with Crippen LogP contribution in [-0.4, -0.2) is 23.3 Å². The standard InChI is InChI=1S/C12H17BrN2S/c13-11-5-3-8-15-12(11)16-9-6-10-4-1-2-7-14-10/h3,5,8,10,14H,1-2,4,6-7,9H2. The Labute approximate surface area is 110 Å². The molecule has 1 aliphatic heterocycles. The lowest BCUT2D eigenvalue weighted by molar-refractivity contribution is 0.394. The Morgan fingerprint density at radius 2 is 2.44 bits per heavy atom. The summed E-state index contributed by atoms with van der Waals surface area (Å²) in [7, 11) is 0. The van der Waals surface area contributed by atoms with Crippen LogP contribution in [0.2, 0.25) is 0 Å². The van der Waals surface area contributed by atoms with E-state index >= 15 is 0 Å². The number of hydrogen-bond donors (Lipinski definition) is 1. The molecule has 1 N–H and O–H groups in total. The molecule has 0 aromatic carbocycles. The van der Waals surface area contributed by atoms with Crippen LogP contribution in [-0.2, 0) is 0 Å². The van der Waals surface area contributed by atoms with Crippen LogP contribution in [0, 0.1) is 0 Å². The fraction of sp³-hybridized carbons (Fsp3) is 0.583. The molecule has 1 unspecified atom stereocenters. The van der Waals surface area contributed by atoms with E-state index in [9.17, 15) is 0 Å². The first kappa shape index (κ1) is 12.4. The second-order valence-electron chi connectivity index (χ2n) is 4.07. The van der Waals surface area contributed by atoms with Crippen LogP contribution in [0.15, 0.2) is 27.8 Å². The summed E-state index contributed by atoms with van der Waals surface area (Å²) >= 11 is 5.37. The van der Waals surface area contributed by atoms with Gasteiger partial charge >= 0.3 is 0 Å². The number of hydrogen-bond acceptors (Lipinski definition) is 3. The number of nitrogens with one attached hydrogen (secondary N) is 1. The van der Waals surface area contributed by atoms with Crippen LogP contribution in [0.25, 0.3) is 0 Å². The maximum absolute atomic E-state index is 4.36. The molecule has 1 aliphatic rings. The summed E-state index contributed by atoms with van der Waals surface area (Å²) in [6.07, 6.45) is 7.16. The molecular formula is C12H17BrN2S. The highest BCUT2D eigenvalue weighted by Gasteiger charge is 2.12. The summed E-state index contributed by atoms with van der Waals surface area (Å²) in [6.45, 7) is 1.20. The van der Waals surface area contributed by atoms with Crippen molar-refractivity contribution in [3.63, 3.8) is 0 Å². The molecule has 0 spiro atoms. The third kappa shape index (κ3) is 3.75. The summed E-state index contributed by atoms with van der Waals surface area (Å²) in [5, 5.41) is 4.68. The van der Waals surface area contributed by atoms with E-state index < -0.39 is 0 Å². The van der Waals surface area contributed by atoms with Crippen molar-refractivity contribution >= 4 is 27.7 Å². The van der Waals surface area contributed by atoms with Crippen molar-refractivity contribution in [3.05, 3.63) is 22.8 Å². The van der Waals surface area contributed by atoms with Crippen LogP contribution in [0.3, 0.4) is 0 Å². The number of thioether (sulfide) groups is 1. The molecule has 0 aliphatic carbocycles. The van der Waals surface area contributed by atoms with Crippen LogP contribution >= 0.6 is 27.7 Å². The van der Waals surface area contributed by atoms with Crippen LogP contribution in [0.4, 0.5) is 0 Å². The zero-order valence-electron chi connectivity index (χ0n) is 9.29. The van der Waals surface area contributed by atoms with Gasteiger partial charge in [-0.05, 0) is 53.9 Å². The number of pyridine rings is 1. The number of nitrogens with zero attached hydrogens (tertiary/aromatic N) is 1. The van der Waals surface area contributed by atoms with E-state index in [2.05, 4.69) is 26.2 Å². The minimum absolute atomic E-state index is 0.726. The summed E-state index contributed by atoms with van der Waals surface area (Å²) in [5.41, 5.74) is 0. The fourth-order valence-electron chi connectivity index (χ4n) is 1.95. The minimum Gasteiger partial charge on any atom is -0.314 e. The van der Waals surface area contributed by atoms with Crippen molar-refractivity contribution in [2.75, 3.05) is 12.3 Å². The van der Waals surface area contributed by atoms with E-state index in [1.165, 1.54) is 32.2 Å². The Morgan fingerprint density at radius 3 is 3.19 bits per heavy atom. The Morgan fingerprint density at radius 1 is 1.50 bits per heavy atom. The fourth-order valence-corrected chi connectivity index (χ4v) is 3.48. The van der Waals surface area contributed by atoms with E-state index in [0.717, 1.165) is 21.3 Å². The lowest BCUT2D eigenvalue weighted by atomic mass is 10.0. The summed E-state index contributed by atoms with van der Waals surface area (Å²) in [6, 6.07) is 4.73. The molecular weight excluding hydrogens is 284 g/mol. The molecule has 2 nitrogen and oxygen atoms in total. The van der Waals surface area contributed by atoms with Gasteiger partial charge in [0.1, 0.15) is 5.03 Å². The van der Waals surface area contributed by atoms with Crippen molar-refractivity contribution < 1.29 is 0 Å². The van der Waals surface area contributed by atoms with Crippen LogP contribution in [0.5, 0.6) is 0 Å². The monoisotopic (exact) mass is 300 g/mol. The van der Waals surface area contributed by atoms with Gasteiger partial charge in [-0.2, -0.15) is 0 Å². The summed E-state index contributed by atoms with van der Waals surface area (Å²) in [4.78, 5) is 4.36. The largest absolute Gasteiger partial charge is 0.314 e. The normalized spacial score (nSPS) is 20.9. The molecule has 0 amide bonds. The van der Waals surface area contributed by atoms with Crippen molar-refractivity contribution in [1.82, 2.24) is 10.3 Å². The summed E-state index contributed by atoms with van der Waals surface area (Å²) < 4.78 is 1.11. The lowest BCUT2D eigenvalue weighted by Crippen LogP contribution is -2.34. The van der Waals surface area contributed by atoms with Gasteiger partial charge in [-0.3, -0.25) is 0 Å². The molecule has 4 heteroatoms. The number of halogens is 1. The van der Waals surface area contributed by atoms with E-state index in [-0.39, 0.29) is 0 Å². The zero-order chi connectivity index (χ0) is 11.2. The maximum Gasteiger partial charge on any atom is 0.110 e. The van der Waals surface area contributed by atoms with Gasteiger partial charge in [-0.1, -0.05) is 6.42 Å². The first-order chi connectivity index (χ1) is 7.86. The predicted octanol–water partition coefficient (Wildman–Crippen LogP) is 3.47. The second kappa shape index (κ2) is 6.62. The van der Waals surface area contributed by atoms with Crippen LogP contribution < -0.4 is 5.32 Å². The molecule has 1 aromatic rings. The molecule has 1 atom stereocenters. The SMILES string of the molecule is Brc1cccnc1SCCC1CCCCN1. The molecule has 2 heterocycles. The number of aromatic nitrogens is 1. The van der Waals surface area contributed by atoms with Crippen molar-refractivity contribution in [1.29, 1.82) is 0 Å². The maximum atomic E-state index is 4.36. The zero-order valence-corrected chi connectivity index (χ0v) is 11.7. The van der Waals surface area contributed by atoms with Gasteiger partial charge in [-0.25, -0.2) is 4.98 Å². The van der Waals surface area contributed by atoms with E-state index in [4.69, 9.17) is 0 Å². The summed E-state index contributed by atoms with van der Waals surface area (Å²) in [5.74, 6) is 1.15. The molecule has 0 bridgehead atoms. The van der Waals surface area contributed by atoms with Gasteiger partial charge in [0, 0.05) is 22.5 Å². The Balaban J connectivity index is 1.73. The van der Waals surface area contributed by atoms with Crippen molar-refractivity contribution in [2.24, 2.45) is 0 Å². The van der Waals surface area contributed by atoms with E-state index in [1.807, 2.05) is 30.1 Å².